The minimum Gasteiger partial charge on any atom is -0.342 e. The summed E-state index contributed by atoms with van der Waals surface area (Å²) in [4.78, 5) is 29.3. The van der Waals surface area contributed by atoms with Crippen molar-refractivity contribution in [1.82, 2.24) is 19.9 Å². The Bertz CT molecular complexity index is 1120. The number of carbonyl (C=O) groups excluding carboxylic acids is 1. The second-order valence-corrected chi connectivity index (χ2v) is 7.29. The second kappa shape index (κ2) is 7.87. The van der Waals surface area contributed by atoms with Crippen LogP contribution in [0.3, 0.4) is 0 Å². The number of aromatic nitrogens is 4. The predicted octanol–water partition coefficient (Wildman–Crippen LogP) is 3.53. The number of fused-ring (bicyclic) bond motifs is 1. The summed E-state index contributed by atoms with van der Waals surface area (Å²) < 4.78 is 0. The summed E-state index contributed by atoms with van der Waals surface area (Å²) in [6, 6.07) is 7.50. The highest BCUT2D eigenvalue weighted by Crippen LogP contribution is 2.27. The summed E-state index contributed by atoms with van der Waals surface area (Å²) in [5, 5.41) is 5.39. The van der Waals surface area contributed by atoms with Gasteiger partial charge >= 0.3 is 0 Å². The Labute approximate surface area is 166 Å². The van der Waals surface area contributed by atoms with Gasteiger partial charge in [0, 0.05) is 28.9 Å². The fourth-order valence-electron chi connectivity index (χ4n) is 3.15. The van der Waals surface area contributed by atoms with Crippen molar-refractivity contribution in [3.8, 4) is 11.3 Å². The first-order chi connectivity index (χ1) is 13.7. The minimum atomic E-state index is -0.190. The van der Waals surface area contributed by atoms with Crippen LogP contribution in [0, 0.1) is 6.92 Å². The fourth-order valence-corrected chi connectivity index (χ4v) is 3.87. The summed E-state index contributed by atoms with van der Waals surface area (Å²) in [6.45, 7) is 2.46. The highest BCUT2D eigenvalue weighted by atomic mass is 32.1. The van der Waals surface area contributed by atoms with Gasteiger partial charge in [-0.05, 0) is 56.1 Å². The molecule has 0 saturated carbocycles. The van der Waals surface area contributed by atoms with Gasteiger partial charge in [0.15, 0.2) is 5.13 Å². The molecule has 7 nitrogen and oxygen atoms in total. The van der Waals surface area contributed by atoms with E-state index in [-0.39, 0.29) is 5.91 Å². The Hall–Kier alpha value is -3.10. The Morgan fingerprint density at radius 3 is 2.82 bits per heavy atom. The molecule has 4 rings (SSSR count). The Morgan fingerprint density at radius 2 is 2.04 bits per heavy atom. The van der Waals surface area contributed by atoms with Gasteiger partial charge < -0.3 is 10.7 Å². The van der Waals surface area contributed by atoms with Crippen LogP contribution in [0.15, 0.2) is 42.0 Å². The third-order valence-corrected chi connectivity index (χ3v) is 5.21. The van der Waals surface area contributed by atoms with Gasteiger partial charge in [0.2, 0.25) is 0 Å². The van der Waals surface area contributed by atoms with E-state index in [0.717, 1.165) is 40.1 Å². The van der Waals surface area contributed by atoms with Crippen LogP contribution in [-0.2, 0) is 6.42 Å². The van der Waals surface area contributed by atoms with Crippen molar-refractivity contribution in [1.29, 1.82) is 0 Å². The molecule has 0 fully saturated rings. The van der Waals surface area contributed by atoms with Gasteiger partial charge in [-0.3, -0.25) is 15.1 Å². The number of hydrogen-bond donors (Lipinski definition) is 3. The number of H-pyrrole nitrogens is 1. The molecule has 28 heavy (non-hydrogen) atoms. The molecule has 142 valence electrons. The van der Waals surface area contributed by atoms with E-state index in [1.165, 1.54) is 11.3 Å². The van der Waals surface area contributed by atoms with E-state index in [9.17, 15) is 4.79 Å². The van der Waals surface area contributed by atoms with Crippen molar-refractivity contribution in [2.24, 2.45) is 5.73 Å². The van der Waals surface area contributed by atoms with E-state index in [4.69, 9.17) is 5.73 Å². The minimum absolute atomic E-state index is 0.190. The van der Waals surface area contributed by atoms with Crippen LogP contribution in [0.1, 0.15) is 28.2 Å². The molecule has 0 radical (unpaired) electrons. The lowest BCUT2D eigenvalue weighted by atomic mass is 10.0. The number of imidazole rings is 1. The number of aromatic amines is 1. The molecule has 0 spiro atoms. The molecule has 0 aliphatic carbocycles. The molecule has 4 aromatic rings. The number of benzene rings is 1. The zero-order valence-corrected chi connectivity index (χ0v) is 16.2. The van der Waals surface area contributed by atoms with E-state index in [2.05, 4.69) is 25.3 Å². The molecule has 1 amide bonds. The molecular formula is C20H20N6OS. The summed E-state index contributed by atoms with van der Waals surface area (Å²) in [5.41, 5.74) is 10.7. The summed E-state index contributed by atoms with van der Waals surface area (Å²) >= 11 is 1.39. The summed E-state index contributed by atoms with van der Waals surface area (Å²) in [6.07, 6.45) is 4.92. The number of anilines is 1. The lowest BCUT2D eigenvalue weighted by Crippen LogP contribution is -2.15. The van der Waals surface area contributed by atoms with Crippen LogP contribution in [-0.4, -0.2) is 32.4 Å². The van der Waals surface area contributed by atoms with E-state index in [1.807, 2.05) is 36.6 Å². The monoisotopic (exact) mass is 392 g/mol. The fraction of sp³-hybridized carbons (Fsp3) is 0.200. The predicted molar refractivity (Wildman–Crippen MR) is 112 cm³/mol. The first kappa shape index (κ1) is 18.3. The summed E-state index contributed by atoms with van der Waals surface area (Å²) in [5.74, 6) is 0.633. The molecular weight excluding hydrogens is 372 g/mol. The van der Waals surface area contributed by atoms with Crippen molar-refractivity contribution in [2.75, 3.05) is 11.9 Å². The maximum absolute atomic E-state index is 13.0. The maximum atomic E-state index is 13.0. The third kappa shape index (κ3) is 3.64. The van der Waals surface area contributed by atoms with Gasteiger partial charge in [0.1, 0.15) is 5.82 Å². The molecule has 0 aliphatic rings. The molecule has 3 heterocycles. The van der Waals surface area contributed by atoms with Crippen LogP contribution < -0.4 is 11.1 Å². The molecule has 1 aromatic carbocycles. The zero-order chi connectivity index (χ0) is 19.5. The first-order valence-electron chi connectivity index (χ1n) is 9.01. The average molecular weight is 392 g/mol. The quantitative estimate of drug-likeness (QED) is 0.465. The SMILES string of the molecule is Cc1nc2c(CCCN)c(C(=O)Nc3nc(-c4ccncc4)cs3)ccc2[nH]1. The van der Waals surface area contributed by atoms with Crippen molar-refractivity contribution in [3.63, 3.8) is 0 Å². The largest absolute Gasteiger partial charge is 0.342 e. The van der Waals surface area contributed by atoms with E-state index in [1.54, 1.807) is 12.4 Å². The Balaban J connectivity index is 1.63. The summed E-state index contributed by atoms with van der Waals surface area (Å²) in [7, 11) is 0. The topological polar surface area (TPSA) is 110 Å². The van der Waals surface area contributed by atoms with E-state index in [0.29, 0.717) is 23.7 Å². The average Bonchev–Trinajstić information content (AvgIpc) is 3.32. The molecule has 0 saturated heterocycles. The van der Waals surface area contributed by atoms with Gasteiger partial charge in [-0.25, -0.2) is 9.97 Å². The van der Waals surface area contributed by atoms with Crippen LogP contribution in [0.5, 0.6) is 0 Å². The highest BCUT2D eigenvalue weighted by Gasteiger charge is 2.18. The number of aryl methyl sites for hydroxylation is 2. The number of nitrogens with two attached hydrogens (primary N) is 1. The van der Waals surface area contributed by atoms with Gasteiger partial charge in [-0.1, -0.05) is 0 Å². The number of nitrogens with zero attached hydrogens (tertiary/aromatic N) is 3. The van der Waals surface area contributed by atoms with Crippen LogP contribution in [0.4, 0.5) is 5.13 Å². The maximum Gasteiger partial charge on any atom is 0.257 e. The molecule has 0 aliphatic heterocycles. The molecule has 0 bridgehead atoms. The normalized spacial score (nSPS) is 11.1. The van der Waals surface area contributed by atoms with Crippen LogP contribution in [0.25, 0.3) is 22.3 Å². The number of hydrogen-bond acceptors (Lipinski definition) is 6. The van der Waals surface area contributed by atoms with Gasteiger partial charge in [-0.2, -0.15) is 0 Å². The molecule has 0 atom stereocenters. The number of carbonyl (C=O) groups is 1. The molecule has 4 N–H and O–H groups in total. The number of rotatable bonds is 6. The van der Waals surface area contributed by atoms with Gasteiger partial charge in [-0.15, -0.1) is 11.3 Å². The van der Waals surface area contributed by atoms with Gasteiger partial charge in [0.25, 0.3) is 5.91 Å². The van der Waals surface area contributed by atoms with E-state index >= 15 is 0 Å². The molecule has 8 heteroatoms. The highest BCUT2D eigenvalue weighted by molar-refractivity contribution is 7.14. The van der Waals surface area contributed by atoms with Crippen LogP contribution >= 0.6 is 11.3 Å². The molecule has 3 aromatic heterocycles. The van der Waals surface area contributed by atoms with E-state index < -0.39 is 0 Å². The van der Waals surface area contributed by atoms with Crippen LogP contribution in [0.2, 0.25) is 0 Å². The van der Waals surface area contributed by atoms with Crippen molar-refractivity contribution in [3.05, 3.63) is 59.0 Å². The van der Waals surface area contributed by atoms with Gasteiger partial charge in [0.05, 0.1) is 16.7 Å². The zero-order valence-electron chi connectivity index (χ0n) is 15.4. The van der Waals surface area contributed by atoms with Crippen molar-refractivity contribution >= 4 is 33.4 Å². The standard InChI is InChI=1S/C20H20N6OS/c1-12-23-16-5-4-15(14(3-2-8-21)18(16)24-12)19(27)26-20-25-17(11-28-20)13-6-9-22-10-7-13/h4-7,9-11H,2-3,8,21H2,1H3,(H,23,24)(H,25,26,27). The van der Waals surface area contributed by atoms with Crippen molar-refractivity contribution in [2.45, 2.75) is 19.8 Å². The number of pyridine rings is 1. The number of thiazole rings is 1. The third-order valence-electron chi connectivity index (χ3n) is 4.45. The van der Waals surface area contributed by atoms with Crippen molar-refractivity contribution < 1.29 is 4.79 Å². The lowest BCUT2D eigenvalue weighted by Gasteiger charge is -2.09. The smallest absolute Gasteiger partial charge is 0.257 e. The Kier molecular flexibility index (Phi) is 5.14. The lowest BCUT2D eigenvalue weighted by molar-refractivity contribution is 0.102. The number of nitrogens with one attached hydrogen (secondary N) is 2. The number of amides is 1. The second-order valence-electron chi connectivity index (χ2n) is 6.43. The first-order valence-corrected chi connectivity index (χ1v) is 9.89. The Morgan fingerprint density at radius 1 is 1.21 bits per heavy atom. The molecule has 0 unspecified atom stereocenters.